The normalized spacial score (nSPS) is 14.5. The minimum Gasteiger partial charge on any atom is -0.481 e. The molecule has 0 rings (SSSR count). The van der Waals surface area contributed by atoms with E-state index in [1.165, 1.54) is 11.8 Å². The van der Waals surface area contributed by atoms with Gasteiger partial charge in [-0.2, -0.15) is 23.5 Å². The molecule has 4 atom stereocenters. The lowest BCUT2D eigenvalue weighted by atomic mass is 10.0. The number of carboxylic acid groups (broad SMARTS) is 2. The summed E-state index contributed by atoms with van der Waals surface area (Å²) in [6, 6.07) is -4.14. The predicted octanol–water partition coefficient (Wildman–Crippen LogP) is 0.270. The van der Waals surface area contributed by atoms with Crippen LogP contribution in [0.5, 0.6) is 0 Å². The Kier molecular flexibility index (Phi) is 16.4. The number of hydrogen-bond donors (Lipinski definition) is 6. The quantitative estimate of drug-likeness (QED) is 0.146. The molecule has 11 nitrogen and oxygen atoms in total. The molecule has 0 radical (unpaired) electrons. The van der Waals surface area contributed by atoms with Gasteiger partial charge < -0.3 is 31.9 Å². The first-order valence-electron chi connectivity index (χ1n) is 11.0. The standard InChI is InChI=1S/C21H38N4O7S2/c1-12(2)11-16(20(30)24-15(21(31)32)5-6-17(26)27)25-19(29)14(8-10-34-4)23-18(28)13(22)7-9-33-3/h12-16H,5-11,22H2,1-4H3,(H,23,28)(H,24,30)(H,25,29)(H,26,27)(H,31,32). The second-order valence-electron chi connectivity index (χ2n) is 8.25. The molecule has 7 N–H and O–H groups in total. The first kappa shape index (κ1) is 32.0. The first-order valence-corrected chi connectivity index (χ1v) is 13.8. The third-order valence-electron chi connectivity index (χ3n) is 4.81. The molecule has 0 aliphatic rings. The summed E-state index contributed by atoms with van der Waals surface area (Å²) in [5.74, 6) is -3.06. The summed E-state index contributed by atoms with van der Waals surface area (Å²) < 4.78 is 0. The Morgan fingerprint density at radius 3 is 1.76 bits per heavy atom. The van der Waals surface area contributed by atoms with Crippen LogP contribution in [0.4, 0.5) is 0 Å². The molecule has 4 unspecified atom stereocenters. The maximum Gasteiger partial charge on any atom is 0.326 e. The number of aliphatic carboxylic acids is 2. The lowest BCUT2D eigenvalue weighted by Gasteiger charge is -2.26. The van der Waals surface area contributed by atoms with Crippen LogP contribution in [0.3, 0.4) is 0 Å². The van der Waals surface area contributed by atoms with E-state index < -0.39 is 60.2 Å². The molecule has 0 aromatic carbocycles. The topological polar surface area (TPSA) is 188 Å². The third kappa shape index (κ3) is 13.7. The second-order valence-corrected chi connectivity index (χ2v) is 10.2. The molecule has 3 amide bonds. The summed E-state index contributed by atoms with van der Waals surface area (Å²) in [5, 5.41) is 25.7. The van der Waals surface area contributed by atoms with Crippen molar-refractivity contribution in [3.8, 4) is 0 Å². The van der Waals surface area contributed by atoms with Gasteiger partial charge in [0.2, 0.25) is 17.7 Å². The number of carboxylic acids is 2. The number of hydrogen-bond acceptors (Lipinski definition) is 8. The molecule has 0 aromatic rings. The Morgan fingerprint density at radius 1 is 0.765 bits per heavy atom. The van der Waals surface area contributed by atoms with Crippen molar-refractivity contribution in [2.75, 3.05) is 24.0 Å². The molecular formula is C21H38N4O7S2. The molecule has 0 fully saturated rings. The van der Waals surface area contributed by atoms with E-state index in [9.17, 15) is 29.1 Å². The van der Waals surface area contributed by atoms with Gasteiger partial charge in [0, 0.05) is 6.42 Å². The molecule has 34 heavy (non-hydrogen) atoms. The van der Waals surface area contributed by atoms with Crippen molar-refractivity contribution in [3.05, 3.63) is 0 Å². The minimum atomic E-state index is -1.41. The Balaban J connectivity index is 5.42. The number of nitrogens with one attached hydrogen (secondary N) is 3. The van der Waals surface area contributed by atoms with Gasteiger partial charge in [0.15, 0.2) is 0 Å². The van der Waals surface area contributed by atoms with Gasteiger partial charge in [-0.15, -0.1) is 0 Å². The van der Waals surface area contributed by atoms with Crippen LogP contribution in [0.25, 0.3) is 0 Å². The van der Waals surface area contributed by atoms with Crippen molar-refractivity contribution in [2.45, 2.75) is 70.1 Å². The van der Waals surface area contributed by atoms with Gasteiger partial charge in [-0.05, 0) is 55.6 Å². The molecule has 0 saturated carbocycles. The Morgan fingerprint density at radius 2 is 1.26 bits per heavy atom. The van der Waals surface area contributed by atoms with Crippen LogP contribution in [0, 0.1) is 5.92 Å². The van der Waals surface area contributed by atoms with Crippen molar-refractivity contribution < 1.29 is 34.2 Å². The van der Waals surface area contributed by atoms with Gasteiger partial charge >= 0.3 is 11.9 Å². The molecule has 0 aliphatic carbocycles. The fourth-order valence-electron chi connectivity index (χ4n) is 2.93. The van der Waals surface area contributed by atoms with Crippen LogP contribution < -0.4 is 21.7 Å². The number of thioether (sulfide) groups is 2. The van der Waals surface area contributed by atoms with Crippen LogP contribution in [0.2, 0.25) is 0 Å². The van der Waals surface area contributed by atoms with E-state index >= 15 is 0 Å². The van der Waals surface area contributed by atoms with E-state index in [-0.39, 0.29) is 18.8 Å². The van der Waals surface area contributed by atoms with E-state index in [0.29, 0.717) is 24.3 Å². The molecule has 0 spiro atoms. The van der Waals surface area contributed by atoms with Gasteiger partial charge in [0.1, 0.15) is 18.1 Å². The van der Waals surface area contributed by atoms with Crippen molar-refractivity contribution in [3.63, 3.8) is 0 Å². The molecule has 0 saturated heterocycles. The van der Waals surface area contributed by atoms with Gasteiger partial charge in [-0.3, -0.25) is 19.2 Å². The van der Waals surface area contributed by atoms with Crippen molar-refractivity contribution >= 4 is 53.2 Å². The van der Waals surface area contributed by atoms with Crippen LogP contribution in [-0.4, -0.2) is 88.1 Å². The number of carbonyl (C=O) groups is 5. The summed E-state index contributed by atoms with van der Waals surface area (Å²) in [6.45, 7) is 3.67. The Hall–Kier alpha value is -1.99. The summed E-state index contributed by atoms with van der Waals surface area (Å²) in [4.78, 5) is 60.5. The zero-order valence-electron chi connectivity index (χ0n) is 20.2. The van der Waals surface area contributed by atoms with E-state index in [2.05, 4.69) is 16.0 Å². The number of carbonyl (C=O) groups excluding carboxylic acids is 3. The van der Waals surface area contributed by atoms with Gasteiger partial charge in [-0.1, -0.05) is 13.8 Å². The van der Waals surface area contributed by atoms with E-state index in [0.717, 1.165) is 0 Å². The lowest BCUT2D eigenvalue weighted by molar-refractivity contribution is -0.143. The smallest absolute Gasteiger partial charge is 0.326 e. The van der Waals surface area contributed by atoms with E-state index in [1.807, 2.05) is 26.4 Å². The van der Waals surface area contributed by atoms with E-state index in [4.69, 9.17) is 10.8 Å². The maximum atomic E-state index is 13.0. The highest BCUT2D eigenvalue weighted by Gasteiger charge is 2.30. The highest BCUT2D eigenvalue weighted by atomic mass is 32.2. The fourth-order valence-corrected chi connectivity index (χ4v) is 3.89. The second kappa shape index (κ2) is 17.4. The zero-order valence-corrected chi connectivity index (χ0v) is 21.8. The van der Waals surface area contributed by atoms with Crippen LogP contribution in [0.15, 0.2) is 0 Å². The molecule has 0 aliphatic heterocycles. The SMILES string of the molecule is CSCCC(N)C(=O)NC(CCSC)C(=O)NC(CC(C)C)C(=O)NC(CCC(=O)O)C(=O)O. The molecule has 13 heteroatoms. The molecular weight excluding hydrogens is 484 g/mol. The van der Waals surface area contributed by atoms with Crippen molar-refractivity contribution in [1.82, 2.24) is 16.0 Å². The monoisotopic (exact) mass is 522 g/mol. The first-order chi connectivity index (χ1) is 15.9. The number of rotatable bonds is 18. The Labute approximate surface area is 209 Å². The average Bonchev–Trinajstić information content (AvgIpc) is 2.75. The van der Waals surface area contributed by atoms with Crippen molar-refractivity contribution in [2.24, 2.45) is 11.7 Å². The fraction of sp³-hybridized carbons (Fsp3) is 0.762. The number of amides is 3. The summed E-state index contributed by atoms with van der Waals surface area (Å²) in [5.41, 5.74) is 5.90. The molecule has 196 valence electrons. The van der Waals surface area contributed by atoms with Gasteiger partial charge in [0.25, 0.3) is 0 Å². The summed E-state index contributed by atoms with van der Waals surface area (Å²) >= 11 is 3.05. The lowest BCUT2D eigenvalue weighted by Crippen LogP contribution is -2.57. The zero-order chi connectivity index (χ0) is 26.3. The van der Waals surface area contributed by atoms with Crippen molar-refractivity contribution in [1.29, 1.82) is 0 Å². The van der Waals surface area contributed by atoms with E-state index in [1.54, 1.807) is 11.8 Å². The van der Waals surface area contributed by atoms with Gasteiger partial charge in [-0.25, -0.2) is 4.79 Å². The van der Waals surface area contributed by atoms with Crippen LogP contribution >= 0.6 is 23.5 Å². The maximum absolute atomic E-state index is 13.0. The summed E-state index contributed by atoms with van der Waals surface area (Å²) in [7, 11) is 0. The minimum absolute atomic E-state index is 0.0162. The van der Waals surface area contributed by atoms with Crippen LogP contribution in [-0.2, 0) is 24.0 Å². The summed E-state index contributed by atoms with van der Waals surface area (Å²) in [6.07, 6.45) is 4.03. The molecule has 0 heterocycles. The highest BCUT2D eigenvalue weighted by molar-refractivity contribution is 7.98. The molecule has 0 aromatic heterocycles. The molecule has 0 bridgehead atoms. The average molecular weight is 523 g/mol. The predicted molar refractivity (Wildman–Crippen MR) is 134 cm³/mol. The highest BCUT2D eigenvalue weighted by Crippen LogP contribution is 2.09. The number of nitrogens with two attached hydrogens (primary N) is 1. The van der Waals surface area contributed by atoms with Gasteiger partial charge in [0.05, 0.1) is 6.04 Å². The van der Waals surface area contributed by atoms with Crippen LogP contribution in [0.1, 0.15) is 46.0 Å². The third-order valence-corrected chi connectivity index (χ3v) is 6.10. The largest absolute Gasteiger partial charge is 0.481 e. The Bertz CT molecular complexity index is 694.